The molecule has 2 nitrogen and oxygen atoms in total. The van der Waals surface area contributed by atoms with Crippen LogP contribution in [-0.2, 0) is 10.5 Å². The number of hydrogen-bond acceptors (Lipinski definition) is 5. The monoisotopic (exact) mass is 273 g/mol. The van der Waals surface area contributed by atoms with E-state index in [2.05, 4.69) is 4.98 Å². The van der Waals surface area contributed by atoms with E-state index in [1.54, 1.807) is 16.1 Å². The molecule has 0 aromatic carbocycles. The van der Waals surface area contributed by atoms with E-state index in [-0.39, 0.29) is 0 Å². The van der Waals surface area contributed by atoms with Gasteiger partial charge in [0.1, 0.15) is 0 Å². The molecule has 0 unspecified atom stereocenters. The van der Waals surface area contributed by atoms with Gasteiger partial charge in [0.05, 0.1) is 18.6 Å². The molecule has 0 bridgehead atoms. The maximum Gasteiger partial charge on any atom is 0.0972 e. The number of nitrogens with zero attached hydrogens (tertiary/aromatic N) is 1. The van der Waals surface area contributed by atoms with E-state index < -0.39 is 0 Å². The van der Waals surface area contributed by atoms with Gasteiger partial charge in [0.25, 0.3) is 0 Å². The lowest BCUT2D eigenvalue weighted by molar-refractivity contribution is 0.272. The SMILES string of the molecule is C/C=C\OCCSSSCc1ccccn1. The van der Waals surface area contributed by atoms with Crippen molar-refractivity contribution in [2.75, 3.05) is 12.4 Å². The zero-order valence-electron chi connectivity index (χ0n) is 9.17. The summed E-state index contributed by atoms with van der Waals surface area (Å²) in [5.41, 5.74) is 1.13. The zero-order chi connectivity index (χ0) is 11.5. The highest BCUT2D eigenvalue weighted by molar-refractivity contribution is 9.09. The normalized spacial score (nSPS) is 10.8. The van der Waals surface area contributed by atoms with Crippen molar-refractivity contribution >= 4 is 31.4 Å². The van der Waals surface area contributed by atoms with E-state index in [9.17, 15) is 0 Å². The van der Waals surface area contributed by atoms with Crippen molar-refractivity contribution in [2.45, 2.75) is 12.7 Å². The number of allylic oxidation sites excluding steroid dienone is 1. The van der Waals surface area contributed by atoms with Gasteiger partial charge in [-0.2, -0.15) is 0 Å². The molecule has 0 spiro atoms. The summed E-state index contributed by atoms with van der Waals surface area (Å²) in [6, 6.07) is 6.01. The molecule has 1 aromatic rings. The summed E-state index contributed by atoms with van der Waals surface area (Å²) in [4.78, 5) is 4.26. The standard InChI is InChI=1S/C11H15NOS3/c1-2-7-13-8-9-14-16-15-10-11-5-3-4-6-12-11/h2-7H,8-10H2,1H3/b7-2-. The fourth-order valence-corrected chi connectivity index (χ4v) is 4.30. The summed E-state index contributed by atoms with van der Waals surface area (Å²) >= 11 is 0. The molecule has 1 rings (SSSR count). The summed E-state index contributed by atoms with van der Waals surface area (Å²) in [6.07, 6.45) is 5.46. The van der Waals surface area contributed by atoms with E-state index in [0.29, 0.717) is 0 Å². The Hall–Kier alpha value is -0.260. The highest BCUT2D eigenvalue weighted by atomic mass is 33.5. The summed E-state index contributed by atoms with van der Waals surface area (Å²) in [6.45, 7) is 2.72. The molecule has 16 heavy (non-hydrogen) atoms. The van der Waals surface area contributed by atoms with Gasteiger partial charge in [0.2, 0.25) is 0 Å². The van der Waals surface area contributed by atoms with Crippen LogP contribution in [0.3, 0.4) is 0 Å². The maximum absolute atomic E-state index is 5.21. The third-order valence-electron chi connectivity index (χ3n) is 1.55. The van der Waals surface area contributed by atoms with E-state index in [4.69, 9.17) is 4.74 Å². The van der Waals surface area contributed by atoms with Crippen LogP contribution in [-0.4, -0.2) is 17.3 Å². The van der Waals surface area contributed by atoms with Crippen molar-refractivity contribution in [1.29, 1.82) is 0 Å². The summed E-state index contributed by atoms with van der Waals surface area (Å²) in [7, 11) is 5.42. The first kappa shape index (κ1) is 13.8. The third-order valence-corrected chi connectivity index (χ3v) is 5.65. The van der Waals surface area contributed by atoms with E-state index in [1.165, 1.54) is 0 Å². The van der Waals surface area contributed by atoms with Crippen molar-refractivity contribution in [1.82, 2.24) is 4.98 Å². The van der Waals surface area contributed by atoms with Crippen LogP contribution in [0.1, 0.15) is 12.6 Å². The molecule has 1 aromatic heterocycles. The van der Waals surface area contributed by atoms with Crippen LogP contribution in [0.2, 0.25) is 0 Å². The number of hydrogen-bond donors (Lipinski definition) is 0. The molecule has 0 aliphatic heterocycles. The van der Waals surface area contributed by atoms with Crippen LogP contribution in [0, 0.1) is 0 Å². The summed E-state index contributed by atoms with van der Waals surface area (Å²) in [5, 5.41) is 0. The predicted molar refractivity (Wildman–Crippen MR) is 76.3 cm³/mol. The van der Waals surface area contributed by atoms with Gasteiger partial charge in [-0.1, -0.05) is 33.7 Å². The molecule has 0 radical (unpaired) electrons. The molecule has 1 heterocycles. The molecule has 0 amide bonds. The first-order chi connectivity index (χ1) is 7.93. The second-order valence-electron chi connectivity index (χ2n) is 2.81. The Morgan fingerprint density at radius 3 is 3.06 bits per heavy atom. The molecule has 0 aliphatic rings. The molecule has 0 saturated heterocycles. The third kappa shape index (κ3) is 7.09. The van der Waals surface area contributed by atoms with Crippen molar-refractivity contribution in [3.05, 3.63) is 42.4 Å². The zero-order valence-corrected chi connectivity index (χ0v) is 11.6. The van der Waals surface area contributed by atoms with Crippen LogP contribution >= 0.6 is 31.4 Å². The maximum atomic E-state index is 5.21. The second kappa shape index (κ2) is 9.93. The lowest BCUT2D eigenvalue weighted by Crippen LogP contribution is -1.88. The van der Waals surface area contributed by atoms with Crippen LogP contribution in [0.4, 0.5) is 0 Å². The number of aromatic nitrogens is 1. The van der Waals surface area contributed by atoms with Gasteiger partial charge in [-0.3, -0.25) is 4.98 Å². The smallest absolute Gasteiger partial charge is 0.0972 e. The van der Waals surface area contributed by atoms with Gasteiger partial charge < -0.3 is 4.74 Å². The Kier molecular flexibility index (Phi) is 8.57. The highest BCUT2D eigenvalue weighted by Crippen LogP contribution is 2.36. The topological polar surface area (TPSA) is 22.1 Å². The average molecular weight is 273 g/mol. The summed E-state index contributed by atoms with van der Waals surface area (Å²) in [5.74, 6) is 1.96. The Morgan fingerprint density at radius 1 is 1.38 bits per heavy atom. The van der Waals surface area contributed by atoms with Gasteiger partial charge in [-0.25, -0.2) is 0 Å². The number of ether oxygens (including phenoxy) is 1. The minimum atomic E-state index is 0.770. The molecule has 0 atom stereocenters. The van der Waals surface area contributed by atoms with Gasteiger partial charge in [-0.15, -0.1) is 0 Å². The number of pyridine rings is 1. The van der Waals surface area contributed by atoms with Gasteiger partial charge in [0, 0.05) is 17.7 Å². The molecule has 0 saturated carbocycles. The number of rotatable bonds is 8. The lowest BCUT2D eigenvalue weighted by atomic mass is 10.4. The first-order valence-corrected chi connectivity index (χ1v) is 8.79. The lowest BCUT2D eigenvalue weighted by Gasteiger charge is -2.00. The van der Waals surface area contributed by atoms with Gasteiger partial charge in [0.15, 0.2) is 0 Å². The van der Waals surface area contributed by atoms with Crippen LogP contribution < -0.4 is 0 Å². The van der Waals surface area contributed by atoms with Gasteiger partial charge in [-0.05, 0) is 28.9 Å². The second-order valence-corrected chi connectivity index (χ2v) is 7.17. The van der Waals surface area contributed by atoms with E-state index in [1.807, 2.05) is 59.0 Å². The Bertz CT molecular complexity index is 293. The van der Waals surface area contributed by atoms with Crippen molar-refractivity contribution < 1.29 is 4.74 Å². The molecular weight excluding hydrogens is 258 g/mol. The largest absolute Gasteiger partial charge is 0.501 e. The fraction of sp³-hybridized carbons (Fsp3) is 0.364. The molecule has 5 heteroatoms. The molecule has 0 fully saturated rings. The molecule has 0 aliphatic carbocycles. The quantitative estimate of drug-likeness (QED) is 0.402. The van der Waals surface area contributed by atoms with Gasteiger partial charge >= 0.3 is 0 Å². The molecular formula is C11H15NOS3. The van der Waals surface area contributed by atoms with E-state index >= 15 is 0 Å². The fourth-order valence-electron chi connectivity index (χ4n) is 0.882. The van der Waals surface area contributed by atoms with Crippen molar-refractivity contribution in [3.8, 4) is 0 Å². The van der Waals surface area contributed by atoms with Crippen molar-refractivity contribution in [2.24, 2.45) is 0 Å². The predicted octanol–water partition coefficient (Wildman–Crippen LogP) is 4.16. The minimum absolute atomic E-state index is 0.770. The molecule has 88 valence electrons. The van der Waals surface area contributed by atoms with Crippen LogP contribution in [0.5, 0.6) is 0 Å². The Labute approximate surface area is 108 Å². The van der Waals surface area contributed by atoms with E-state index in [0.717, 1.165) is 23.8 Å². The minimum Gasteiger partial charge on any atom is -0.501 e. The van der Waals surface area contributed by atoms with Crippen LogP contribution in [0.25, 0.3) is 0 Å². The summed E-state index contributed by atoms with van der Waals surface area (Å²) < 4.78 is 5.21. The first-order valence-electron chi connectivity index (χ1n) is 4.97. The Balaban J connectivity index is 1.92. The average Bonchev–Trinajstić information content (AvgIpc) is 2.34. The van der Waals surface area contributed by atoms with Crippen molar-refractivity contribution in [3.63, 3.8) is 0 Å². The highest BCUT2D eigenvalue weighted by Gasteiger charge is 1.95. The van der Waals surface area contributed by atoms with Crippen LogP contribution in [0.15, 0.2) is 36.7 Å². The Morgan fingerprint density at radius 2 is 2.31 bits per heavy atom. The molecule has 0 N–H and O–H groups in total.